The Morgan fingerprint density at radius 3 is 2.54 bits per heavy atom. The Hall–Kier alpha value is -1.37. The number of likely N-dealkylation sites (tertiary alicyclic amines) is 2. The summed E-state index contributed by atoms with van der Waals surface area (Å²) in [6.07, 6.45) is 5.96. The van der Waals surface area contributed by atoms with E-state index in [0.717, 1.165) is 25.8 Å². The minimum absolute atomic E-state index is 0. The van der Waals surface area contributed by atoms with Crippen LogP contribution in [0.5, 0.6) is 0 Å². The van der Waals surface area contributed by atoms with Gasteiger partial charge in [0.1, 0.15) is 0 Å². The van der Waals surface area contributed by atoms with Gasteiger partial charge in [0.2, 0.25) is 5.91 Å². The summed E-state index contributed by atoms with van der Waals surface area (Å²) in [5.74, 6) is 0.487. The Kier molecular flexibility index (Phi) is 8.80. The van der Waals surface area contributed by atoms with Crippen LogP contribution in [0.15, 0.2) is 24.5 Å². The summed E-state index contributed by atoms with van der Waals surface area (Å²) >= 11 is 0. The fourth-order valence-corrected chi connectivity index (χ4v) is 3.89. The molecule has 8 heteroatoms. The minimum atomic E-state index is -0.0940. The first-order valence-electron chi connectivity index (χ1n) is 8.80. The monoisotopic (exact) mass is 402 g/mol. The molecule has 3 unspecified atom stereocenters. The van der Waals surface area contributed by atoms with Gasteiger partial charge in [0.25, 0.3) is 5.91 Å². The van der Waals surface area contributed by atoms with Crippen LogP contribution < -0.4 is 5.73 Å². The summed E-state index contributed by atoms with van der Waals surface area (Å²) in [5.41, 5.74) is 6.40. The number of hydrogen-bond donors (Lipinski definition) is 1. The number of nitrogens with zero attached hydrogens (tertiary/aromatic N) is 3. The second-order valence-corrected chi connectivity index (χ2v) is 7.00. The molecule has 1 aromatic heterocycles. The molecular weight excluding hydrogens is 375 g/mol. The van der Waals surface area contributed by atoms with Gasteiger partial charge in [-0.1, -0.05) is 0 Å². The smallest absolute Gasteiger partial charge is 0.253 e. The number of carbonyl (C=O) groups is 2. The van der Waals surface area contributed by atoms with Gasteiger partial charge in [-0.05, 0) is 50.8 Å². The molecular formula is C18H28Cl2N4O2. The normalized spacial score (nSPS) is 25.2. The van der Waals surface area contributed by atoms with Gasteiger partial charge >= 0.3 is 0 Å². The predicted molar refractivity (Wildman–Crippen MR) is 106 cm³/mol. The zero-order valence-electron chi connectivity index (χ0n) is 15.0. The highest BCUT2D eigenvalue weighted by atomic mass is 35.5. The maximum absolute atomic E-state index is 12.9. The minimum Gasteiger partial charge on any atom is -0.339 e. The Labute approximate surface area is 167 Å². The van der Waals surface area contributed by atoms with E-state index in [0.29, 0.717) is 31.1 Å². The van der Waals surface area contributed by atoms with Crippen LogP contribution in [0.1, 0.15) is 36.5 Å². The van der Waals surface area contributed by atoms with Gasteiger partial charge in [0, 0.05) is 43.6 Å². The van der Waals surface area contributed by atoms with Crippen LogP contribution in [-0.2, 0) is 4.79 Å². The second kappa shape index (κ2) is 10.1. The molecule has 2 aliphatic rings. The number of amides is 2. The molecule has 2 amide bonds. The van der Waals surface area contributed by atoms with E-state index in [1.54, 1.807) is 24.5 Å². The lowest BCUT2D eigenvalue weighted by atomic mass is 9.95. The molecule has 2 N–H and O–H groups in total. The summed E-state index contributed by atoms with van der Waals surface area (Å²) in [6, 6.07) is 3.70. The zero-order valence-corrected chi connectivity index (χ0v) is 16.7. The van der Waals surface area contributed by atoms with Crippen molar-refractivity contribution in [3.05, 3.63) is 30.1 Å². The summed E-state index contributed by atoms with van der Waals surface area (Å²) in [6.45, 7) is 4.70. The average Bonchev–Trinajstić information content (AvgIpc) is 3.02. The number of halogens is 2. The molecule has 146 valence electrons. The maximum Gasteiger partial charge on any atom is 0.253 e. The number of carbonyl (C=O) groups excluding carboxylic acids is 2. The molecule has 1 aromatic rings. The predicted octanol–water partition coefficient (Wildman–Crippen LogP) is 1.97. The third-order valence-electron chi connectivity index (χ3n) is 5.26. The molecule has 0 spiro atoms. The van der Waals surface area contributed by atoms with Crippen LogP contribution >= 0.6 is 24.8 Å². The number of pyridine rings is 1. The van der Waals surface area contributed by atoms with E-state index in [9.17, 15) is 9.59 Å². The molecule has 0 radical (unpaired) electrons. The van der Waals surface area contributed by atoms with E-state index in [2.05, 4.69) is 11.9 Å². The first-order valence-corrected chi connectivity index (χ1v) is 8.80. The van der Waals surface area contributed by atoms with Crippen LogP contribution in [0.2, 0.25) is 0 Å². The van der Waals surface area contributed by atoms with E-state index in [1.165, 1.54) is 0 Å². The van der Waals surface area contributed by atoms with E-state index in [1.807, 2.05) is 9.80 Å². The van der Waals surface area contributed by atoms with Gasteiger partial charge in [-0.25, -0.2) is 0 Å². The fourth-order valence-electron chi connectivity index (χ4n) is 3.89. The summed E-state index contributed by atoms with van der Waals surface area (Å²) < 4.78 is 0. The molecule has 3 heterocycles. The molecule has 0 saturated carbocycles. The van der Waals surface area contributed by atoms with Crippen molar-refractivity contribution in [2.45, 2.75) is 32.2 Å². The van der Waals surface area contributed by atoms with Gasteiger partial charge in [-0.15, -0.1) is 24.8 Å². The highest BCUT2D eigenvalue weighted by molar-refractivity contribution is 5.94. The SMILES string of the molecule is CC1CC(CN)CN1C(=O)C1CCCN(C(=O)c2ccncc2)C1.Cl.Cl. The van der Waals surface area contributed by atoms with Crippen LogP contribution in [0.25, 0.3) is 0 Å². The average molecular weight is 403 g/mol. The number of hydrogen-bond acceptors (Lipinski definition) is 4. The molecule has 2 fully saturated rings. The number of piperidine rings is 1. The van der Waals surface area contributed by atoms with Gasteiger partial charge in [0.15, 0.2) is 0 Å². The first-order chi connectivity index (χ1) is 11.6. The first kappa shape index (κ1) is 22.7. The standard InChI is InChI=1S/C18H26N4O2.2ClH/c1-13-9-14(10-19)11-22(13)18(24)16-3-2-8-21(12-16)17(23)15-4-6-20-7-5-15;;/h4-7,13-14,16H,2-3,8-12,19H2,1H3;2*1H. The van der Waals surface area contributed by atoms with Gasteiger partial charge < -0.3 is 15.5 Å². The van der Waals surface area contributed by atoms with E-state index in [4.69, 9.17) is 5.73 Å². The molecule has 6 nitrogen and oxygen atoms in total. The third kappa shape index (κ3) is 4.87. The number of nitrogens with two attached hydrogens (primary N) is 1. The lowest BCUT2D eigenvalue weighted by Crippen LogP contribution is -2.47. The Balaban J connectivity index is 0.00000169. The van der Waals surface area contributed by atoms with Crippen molar-refractivity contribution in [2.24, 2.45) is 17.6 Å². The van der Waals surface area contributed by atoms with E-state index in [-0.39, 0.29) is 48.6 Å². The maximum atomic E-state index is 12.9. The van der Waals surface area contributed by atoms with E-state index >= 15 is 0 Å². The Morgan fingerprint density at radius 2 is 1.92 bits per heavy atom. The van der Waals surface area contributed by atoms with Crippen LogP contribution in [0.4, 0.5) is 0 Å². The Bertz CT molecular complexity index is 602. The van der Waals surface area contributed by atoms with Gasteiger partial charge in [0.05, 0.1) is 5.92 Å². The Morgan fingerprint density at radius 1 is 1.23 bits per heavy atom. The molecule has 2 aliphatic heterocycles. The highest BCUT2D eigenvalue weighted by Gasteiger charge is 2.37. The topological polar surface area (TPSA) is 79.5 Å². The molecule has 3 atom stereocenters. The van der Waals surface area contributed by atoms with Crippen LogP contribution in [0, 0.1) is 11.8 Å². The molecule has 26 heavy (non-hydrogen) atoms. The summed E-state index contributed by atoms with van der Waals surface area (Å²) in [5, 5.41) is 0. The van der Waals surface area contributed by atoms with E-state index < -0.39 is 0 Å². The van der Waals surface area contributed by atoms with Gasteiger partial charge in [-0.2, -0.15) is 0 Å². The lowest BCUT2D eigenvalue weighted by Gasteiger charge is -2.35. The number of rotatable bonds is 3. The molecule has 2 saturated heterocycles. The second-order valence-electron chi connectivity index (χ2n) is 7.00. The number of aromatic nitrogens is 1. The van der Waals surface area contributed by atoms with Crippen molar-refractivity contribution >= 4 is 36.6 Å². The van der Waals surface area contributed by atoms with Crippen molar-refractivity contribution in [1.82, 2.24) is 14.8 Å². The third-order valence-corrected chi connectivity index (χ3v) is 5.26. The molecule has 0 bridgehead atoms. The van der Waals surface area contributed by atoms with Crippen LogP contribution in [-0.4, -0.2) is 58.8 Å². The zero-order chi connectivity index (χ0) is 17.1. The molecule has 3 rings (SSSR count). The highest BCUT2D eigenvalue weighted by Crippen LogP contribution is 2.27. The van der Waals surface area contributed by atoms with Crippen molar-refractivity contribution < 1.29 is 9.59 Å². The fraction of sp³-hybridized carbons (Fsp3) is 0.611. The summed E-state index contributed by atoms with van der Waals surface area (Å²) in [4.78, 5) is 33.3. The van der Waals surface area contributed by atoms with Crippen molar-refractivity contribution in [3.8, 4) is 0 Å². The van der Waals surface area contributed by atoms with Crippen LogP contribution in [0.3, 0.4) is 0 Å². The van der Waals surface area contributed by atoms with Crippen molar-refractivity contribution in [2.75, 3.05) is 26.2 Å². The molecule has 0 aliphatic carbocycles. The largest absolute Gasteiger partial charge is 0.339 e. The molecule has 0 aromatic carbocycles. The quantitative estimate of drug-likeness (QED) is 0.837. The van der Waals surface area contributed by atoms with Crippen molar-refractivity contribution in [1.29, 1.82) is 0 Å². The van der Waals surface area contributed by atoms with Crippen molar-refractivity contribution in [3.63, 3.8) is 0 Å². The summed E-state index contributed by atoms with van der Waals surface area (Å²) in [7, 11) is 0. The van der Waals surface area contributed by atoms with Gasteiger partial charge in [-0.3, -0.25) is 14.6 Å². The lowest BCUT2D eigenvalue weighted by molar-refractivity contribution is -0.137.